The first-order valence-corrected chi connectivity index (χ1v) is 6.86. The normalized spacial score (nSPS) is 12.4. The van der Waals surface area contributed by atoms with Crippen LogP contribution in [0.5, 0.6) is 0 Å². The molecule has 0 bridgehead atoms. The topological polar surface area (TPSA) is 56.7 Å². The highest BCUT2D eigenvalue weighted by atomic mass is 15.3. The Kier molecular flexibility index (Phi) is 2.71. The number of aromatic nitrogens is 3. The van der Waals surface area contributed by atoms with E-state index in [-0.39, 0.29) is 5.41 Å². The molecule has 0 saturated heterocycles. The van der Waals surface area contributed by atoms with Gasteiger partial charge in [0.1, 0.15) is 5.52 Å². The lowest BCUT2D eigenvalue weighted by Crippen LogP contribution is -2.12. The molecular formula is C16H20N4. The van der Waals surface area contributed by atoms with Gasteiger partial charge in [-0.3, -0.25) is 4.68 Å². The van der Waals surface area contributed by atoms with Crippen LogP contribution in [-0.4, -0.2) is 14.8 Å². The zero-order valence-corrected chi connectivity index (χ0v) is 12.4. The Balaban J connectivity index is 2.42. The lowest BCUT2D eigenvalue weighted by atomic mass is 9.89. The fourth-order valence-corrected chi connectivity index (χ4v) is 2.69. The van der Waals surface area contributed by atoms with Crippen LogP contribution in [0, 0.1) is 5.41 Å². The average Bonchev–Trinajstić information content (AvgIpc) is 2.66. The molecule has 104 valence electrons. The van der Waals surface area contributed by atoms with Gasteiger partial charge in [-0.1, -0.05) is 39.0 Å². The van der Waals surface area contributed by atoms with Crippen LogP contribution < -0.4 is 5.73 Å². The molecule has 0 fully saturated rings. The number of pyridine rings is 1. The number of nitrogen functional groups attached to an aromatic ring is 1. The molecule has 0 unspecified atom stereocenters. The molecule has 3 rings (SSSR count). The highest BCUT2D eigenvalue weighted by Crippen LogP contribution is 2.33. The van der Waals surface area contributed by atoms with Crippen molar-refractivity contribution in [1.82, 2.24) is 14.8 Å². The van der Waals surface area contributed by atoms with Gasteiger partial charge in [-0.25, -0.2) is 4.98 Å². The van der Waals surface area contributed by atoms with E-state index in [0.29, 0.717) is 5.82 Å². The van der Waals surface area contributed by atoms with E-state index in [1.165, 1.54) is 5.69 Å². The first-order chi connectivity index (χ1) is 9.37. The molecule has 0 radical (unpaired) electrons. The van der Waals surface area contributed by atoms with Gasteiger partial charge in [-0.2, -0.15) is 5.10 Å². The fraction of sp³-hybridized carbons (Fsp3) is 0.375. The van der Waals surface area contributed by atoms with Crippen LogP contribution in [-0.2, 0) is 13.5 Å². The predicted octanol–water partition coefficient (Wildman–Crippen LogP) is 3.29. The highest BCUT2D eigenvalue weighted by molar-refractivity contribution is 6.09. The second kappa shape index (κ2) is 4.20. The molecule has 2 N–H and O–H groups in total. The van der Waals surface area contributed by atoms with Gasteiger partial charge >= 0.3 is 0 Å². The number of fused-ring (bicyclic) bond motifs is 3. The summed E-state index contributed by atoms with van der Waals surface area (Å²) < 4.78 is 1.94. The zero-order chi connectivity index (χ0) is 14.5. The predicted molar refractivity (Wildman–Crippen MR) is 83.6 cm³/mol. The van der Waals surface area contributed by atoms with Crippen molar-refractivity contribution in [2.75, 3.05) is 5.73 Å². The number of aryl methyl sites for hydroxylation is 1. The summed E-state index contributed by atoms with van der Waals surface area (Å²) >= 11 is 0. The quantitative estimate of drug-likeness (QED) is 0.736. The summed E-state index contributed by atoms with van der Waals surface area (Å²) in [5.74, 6) is 0.509. The summed E-state index contributed by atoms with van der Waals surface area (Å²) in [5.41, 5.74) is 9.24. The largest absolute Gasteiger partial charge is 0.382 e. The Morgan fingerprint density at radius 1 is 1.20 bits per heavy atom. The maximum atomic E-state index is 6.08. The van der Waals surface area contributed by atoms with Crippen LogP contribution in [0.15, 0.2) is 24.3 Å². The third-order valence-corrected chi connectivity index (χ3v) is 3.52. The third kappa shape index (κ3) is 2.01. The molecule has 0 spiro atoms. The SMILES string of the molecule is Cn1nc2c(N)nc3ccccc3c2c1CC(C)(C)C. The lowest BCUT2D eigenvalue weighted by Gasteiger charge is -2.18. The van der Waals surface area contributed by atoms with Crippen LogP contribution in [0.1, 0.15) is 26.5 Å². The van der Waals surface area contributed by atoms with Crippen molar-refractivity contribution < 1.29 is 0 Å². The number of rotatable bonds is 1. The summed E-state index contributed by atoms with van der Waals surface area (Å²) in [5, 5.41) is 6.85. The van der Waals surface area contributed by atoms with Crippen LogP contribution in [0.2, 0.25) is 0 Å². The molecule has 1 aromatic carbocycles. The molecular weight excluding hydrogens is 248 g/mol. The van der Waals surface area contributed by atoms with Gasteiger partial charge in [0.15, 0.2) is 5.82 Å². The summed E-state index contributed by atoms with van der Waals surface area (Å²) in [4.78, 5) is 4.46. The van der Waals surface area contributed by atoms with E-state index in [0.717, 1.165) is 28.2 Å². The number of benzene rings is 1. The Hall–Kier alpha value is -2.10. The number of hydrogen-bond acceptors (Lipinski definition) is 3. The third-order valence-electron chi connectivity index (χ3n) is 3.52. The van der Waals surface area contributed by atoms with Crippen molar-refractivity contribution in [2.45, 2.75) is 27.2 Å². The van der Waals surface area contributed by atoms with E-state index in [1.54, 1.807) is 0 Å². The summed E-state index contributed by atoms with van der Waals surface area (Å²) in [7, 11) is 1.98. The van der Waals surface area contributed by atoms with Crippen LogP contribution in [0.4, 0.5) is 5.82 Å². The minimum absolute atomic E-state index is 0.194. The Bertz CT molecular complexity index is 793. The van der Waals surface area contributed by atoms with E-state index >= 15 is 0 Å². The van der Waals surface area contributed by atoms with Gasteiger partial charge in [-0.05, 0) is 17.9 Å². The van der Waals surface area contributed by atoms with Crippen LogP contribution >= 0.6 is 0 Å². The van der Waals surface area contributed by atoms with Crippen LogP contribution in [0.3, 0.4) is 0 Å². The minimum Gasteiger partial charge on any atom is -0.382 e. The van der Waals surface area contributed by atoms with E-state index in [4.69, 9.17) is 5.73 Å². The first kappa shape index (κ1) is 12.9. The number of anilines is 1. The molecule has 0 amide bonds. The monoisotopic (exact) mass is 268 g/mol. The summed E-state index contributed by atoms with van der Waals surface area (Å²) in [6.45, 7) is 6.70. The molecule has 0 atom stereocenters. The first-order valence-electron chi connectivity index (χ1n) is 6.86. The number of nitrogens with zero attached hydrogens (tertiary/aromatic N) is 3. The molecule has 4 heteroatoms. The van der Waals surface area contributed by atoms with Crippen molar-refractivity contribution in [2.24, 2.45) is 12.5 Å². The molecule has 0 aliphatic heterocycles. The molecule has 0 aliphatic rings. The lowest BCUT2D eigenvalue weighted by molar-refractivity contribution is 0.399. The molecule has 20 heavy (non-hydrogen) atoms. The van der Waals surface area contributed by atoms with E-state index in [2.05, 4.69) is 36.9 Å². The molecule has 3 aromatic rings. The summed E-state index contributed by atoms with van der Waals surface area (Å²) in [6.07, 6.45) is 0.952. The number of para-hydroxylation sites is 1. The molecule has 0 saturated carbocycles. The van der Waals surface area contributed by atoms with Gasteiger partial charge in [0.2, 0.25) is 0 Å². The Labute approximate surface area is 118 Å². The van der Waals surface area contributed by atoms with Crippen molar-refractivity contribution in [1.29, 1.82) is 0 Å². The van der Waals surface area contributed by atoms with Crippen molar-refractivity contribution >= 4 is 27.6 Å². The average molecular weight is 268 g/mol. The Morgan fingerprint density at radius 2 is 1.90 bits per heavy atom. The second-order valence-corrected chi connectivity index (χ2v) is 6.55. The maximum absolute atomic E-state index is 6.08. The standard InChI is InChI=1S/C16H20N4/c1-16(2,3)9-12-13-10-7-5-6-8-11(10)18-15(17)14(13)19-20(12)4/h5-8H,9H2,1-4H3,(H2,17,18). The smallest absolute Gasteiger partial charge is 0.152 e. The fourth-order valence-electron chi connectivity index (χ4n) is 2.69. The molecule has 2 heterocycles. The zero-order valence-electron chi connectivity index (χ0n) is 12.4. The van der Waals surface area contributed by atoms with E-state index in [9.17, 15) is 0 Å². The molecule has 0 aliphatic carbocycles. The van der Waals surface area contributed by atoms with Gasteiger partial charge in [-0.15, -0.1) is 0 Å². The van der Waals surface area contributed by atoms with E-state index < -0.39 is 0 Å². The molecule has 2 aromatic heterocycles. The van der Waals surface area contributed by atoms with Crippen LogP contribution in [0.25, 0.3) is 21.8 Å². The van der Waals surface area contributed by atoms with E-state index in [1.807, 2.05) is 29.9 Å². The Morgan fingerprint density at radius 3 is 2.60 bits per heavy atom. The van der Waals surface area contributed by atoms with Gasteiger partial charge in [0.25, 0.3) is 0 Å². The highest BCUT2D eigenvalue weighted by Gasteiger charge is 2.20. The maximum Gasteiger partial charge on any atom is 0.152 e. The van der Waals surface area contributed by atoms with Gasteiger partial charge < -0.3 is 5.73 Å². The second-order valence-electron chi connectivity index (χ2n) is 6.55. The minimum atomic E-state index is 0.194. The number of hydrogen-bond donors (Lipinski definition) is 1. The number of nitrogens with two attached hydrogens (primary N) is 1. The van der Waals surface area contributed by atoms with Crippen molar-refractivity contribution in [3.8, 4) is 0 Å². The summed E-state index contributed by atoms with van der Waals surface area (Å²) in [6, 6.07) is 8.12. The van der Waals surface area contributed by atoms with Gasteiger partial charge in [0, 0.05) is 23.5 Å². The molecule has 4 nitrogen and oxygen atoms in total. The van der Waals surface area contributed by atoms with Gasteiger partial charge in [0.05, 0.1) is 5.52 Å². The van der Waals surface area contributed by atoms with Crippen molar-refractivity contribution in [3.05, 3.63) is 30.0 Å². The van der Waals surface area contributed by atoms with Crippen molar-refractivity contribution in [3.63, 3.8) is 0 Å².